The topological polar surface area (TPSA) is 24.3 Å². The quantitative estimate of drug-likeness (QED) is 0.523. The van der Waals surface area contributed by atoms with Gasteiger partial charge in [-0.1, -0.05) is 35.9 Å². The van der Waals surface area contributed by atoms with Crippen molar-refractivity contribution in [1.29, 1.82) is 0 Å². The van der Waals surface area contributed by atoms with Gasteiger partial charge in [-0.05, 0) is 86.7 Å². The van der Waals surface area contributed by atoms with Gasteiger partial charge >= 0.3 is 0 Å². The van der Waals surface area contributed by atoms with Crippen LogP contribution in [0.1, 0.15) is 36.1 Å². The van der Waals surface area contributed by atoms with Crippen LogP contribution >= 0.6 is 0 Å². The third kappa shape index (κ3) is 4.23. The predicted octanol–water partition coefficient (Wildman–Crippen LogP) is 4.98. The number of piperidine rings is 1. The summed E-state index contributed by atoms with van der Waals surface area (Å²) in [5, 5.41) is 4.74. The van der Waals surface area contributed by atoms with Crippen molar-refractivity contribution in [1.82, 2.24) is 19.6 Å². The average Bonchev–Trinajstić information content (AvgIpc) is 3.52. The molecule has 1 atom stereocenters. The Balaban J connectivity index is 1.28. The lowest BCUT2D eigenvalue weighted by molar-refractivity contribution is 0.102. The highest BCUT2D eigenvalue weighted by atomic mass is 19.1. The average molecular weight is 457 g/mol. The molecular weight excluding hydrogens is 423 g/mol. The molecule has 0 radical (unpaired) electrons. The highest BCUT2D eigenvalue weighted by Crippen LogP contribution is 2.45. The van der Waals surface area contributed by atoms with Gasteiger partial charge in [-0.3, -0.25) is 0 Å². The molecule has 4 nitrogen and oxygen atoms in total. The molecule has 176 valence electrons. The van der Waals surface area contributed by atoms with Crippen LogP contribution in [-0.2, 0) is 12.8 Å². The minimum atomic E-state index is -0.212. The fourth-order valence-corrected chi connectivity index (χ4v) is 6.25. The minimum absolute atomic E-state index is 0.156. The summed E-state index contributed by atoms with van der Waals surface area (Å²) in [4.78, 5) is 5.37. The zero-order valence-electron chi connectivity index (χ0n) is 19.8. The van der Waals surface area contributed by atoms with E-state index in [1.165, 1.54) is 54.9 Å². The van der Waals surface area contributed by atoms with Gasteiger partial charge in [-0.15, -0.1) is 0 Å². The van der Waals surface area contributed by atoms with E-state index >= 15 is 0 Å². The van der Waals surface area contributed by atoms with Gasteiger partial charge in [0.15, 0.2) is 0 Å². The van der Waals surface area contributed by atoms with Crippen LogP contribution in [0.4, 0.5) is 4.39 Å². The summed E-state index contributed by atoms with van der Waals surface area (Å²) in [6.07, 6.45) is 10.3. The monoisotopic (exact) mass is 456 g/mol. The molecule has 1 aliphatic carbocycles. The molecule has 1 aromatic heterocycles. The van der Waals surface area contributed by atoms with Crippen LogP contribution in [0, 0.1) is 11.2 Å². The molecular formula is C29H33FN4. The summed E-state index contributed by atoms with van der Waals surface area (Å²) in [6.45, 7) is 6.92. The summed E-state index contributed by atoms with van der Waals surface area (Å²) >= 11 is 0. The Labute approximate surface area is 201 Å². The Kier molecular flexibility index (Phi) is 5.84. The molecule has 6 rings (SSSR count). The van der Waals surface area contributed by atoms with Gasteiger partial charge < -0.3 is 9.80 Å². The molecule has 0 saturated carbocycles. The van der Waals surface area contributed by atoms with E-state index < -0.39 is 0 Å². The lowest BCUT2D eigenvalue weighted by atomic mass is 9.68. The second kappa shape index (κ2) is 9.12. The van der Waals surface area contributed by atoms with E-state index in [1.807, 2.05) is 23.0 Å². The fraction of sp³-hybridized carbons (Fsp3) is 0.414. The highest BCUT2D eigenvalue weighted by molar-refractivity contribution is 5.61. The largest absolute Gasteiger partial charge is 0.302 e. The maximum Gasteiger partial charge on any atom is 0.123 e. The standard InChI is InChI=1S/C29H33FN4/c30-26-8-10-27(11-9-26)34-28-18-25-13-17-33(16-12-23-6-2-1-3-7-23)22-29(25,19-24(28)20-31-34)21-32-14-4-5-15-32/h1-3,6-11,18,20H,4-5,12-17,19,21-22H2/t29-/m0/s1. The molecule has 3 heterocycles. The number of halogens is 1. The summed E-state index contributed by atoms with van der Waals surface area (Å²) in [5.41, 5.74) is 6.57. The molecule has 3 aliphatic rings. The third-order valence-corrected chi connectivity index (χ3v) is 7.99. The summed E-state index contributed by atoms with van der Waals surface area (Å²) in [5.74, 6) is -0.212. The zero-order valence-corrected chi connectivity index (χ0v) is 19.8. The van der Waals surface area contributed by atoms with Gasteiger partial charge in [0, 0.05) is 31.6 Å². The van der Waals surface area contributed by atoms with E-state index in [0.717, 1.165) is 51.1 Å². The number of nitrogens with zero attached hydrogens (tertiary/aromatic N) is 4. The van der Waals surface area contributed by atoms with E-state index in [0.29, 0.717) is 0 Å². The molecule has 0 spiro atoms. The maximum atomic E-state index is 13.5. The Bertz CT molecular complexity index is 1160. The highest BCUT2D eigenvalue weighted by Gasteiger charge is 2.44. The van der Waals surface area contributed by atoms with Crippen molar-refractivity contribution in [3.8, 4) is 5.69 Å². The van der Waals surface area contributed by atoms with Crippen LogP contribution in [0.15, 0.2) is 66.4 Å². The molecule has 2 fully saturated rings. The molecule has 2 aromatic carbocycles. The second-order valence-electron chi connectivity index (χ2n) is 10.3. The normalized spacial score (nSPS) is 22.9. The fourth-order valence-electron chi connectivity index (χ4n) is 6.25. The summed E-state index contributed by atoms with van der Waals surface area (Å²) < 4.78 is 15.5. The van der Waals surface area contributed by atoms with Crippen molar-refractivity contribution in [2.45, 2.75) is 32.1 Å². The lowest BCUT2D eigenvalue weighted by Crippen LogP contribution is -2.52. The predicted molar refractivity (Wildman–Crippen MR) is 135 cm³/mol. The first kappa shape index (κ1) is 21.8. The Morgan fingerprint density at radius 3 is 2.50 bits per heavy atom. The van der Waals surface area contributed by atoms with Crippen LogP contribution in [0.3, 0.4) is 0 Å². The summed E-state index contributed by atoms with van der Waals surface area (Å²) in [6, 6.07) is 17.5. The number of fused-ring (bicyclic) bond motifs is 2. The van der Waals surface area contributed by atoms with Crippen molar-refractivity contribution in [2.75, 3.05) is 39.3 Å². The lowest BCUT2D eigenvalue weighted by Gasteiger charge is -2.48. The van der Waals surface area contributed by atoms with Gasteiger partial charge in [-0.2, -0.15) is 5.10 Å². The van der Waals surface area contributed by atoms with Crippen LogP contribution < -0.4 is 0 Å². The number of rotatable bonds is 6. The molecule has 2 saturated heterocycles. The SMILES string of the molecule is Fc1ccc(-n2ncc3c2C=C2CCN(CCc4ccccc4)C[C@@]2(CN2CCCC2)C3)cc1. The molecule has 0 amide bonds. The molecule has 2 aliphatic heterocycles. The van der Waals surface area contributed by atoms with Crippen LogP contribution in [0.2, 0.25) is 0 Å². The van der Waals surface area contributed by atoms with E-state index in [2.05, 4.69) is 46.2 Å². The first-order valence-corrected chi connectivity index (χ1v) is 12.7. The first-order valence-electron chi connectivity index (χ1n) is 12.7. The Morgan fingerprint density at radius 2 is 1.71 bits per heavy atom. The van der Waals surface area contributed by atoms with E-state index in [1.54, 1.807) is 5.57 Å². The van der Waals surface area contributed by atoms with Crippen molar-refractivity contribution >= 4 is 6.08 Å². The van der Waals surface area contributed by atoms with Crippen molar-refractivity contribution in [3.05, 3.63) is 89.0 Å². The number of hydrogen-bond acceptors (Lipinski definition) is 3. The van der Waals surface area contributed by atoms with Gasteiger partial charge in [0.1, 0.15) is 5.82 Å². The molecule has 0 unspecified atom stereocenters. The van der Waals surface area contributed by atoms with E-state index in [-0.39, 0.29) is 11.2 Å². The Hall–Kier alpha value is -2.76. The van der Waals surface area contributed by atoms with E-state index in [9.17, 15) is 4.39 Å². The van der Waals surface area contributed by atoms with Crippen molar-refractivity contribution < 1.29 is 4.39 Å². The molecule has 34 heavy (non-hydrogen) atoms. The molecule has 0 bridgehead atoms. The number of aromatic nitrogens is 2. The Morgan fingerprint density at radius 1 is 0.912 bits per heavy atom. The van der Waals surface area contributed by atoms with Crippen LogP contribution in [-0.4, -0.2) is 58.8 Å². The van der Waals surface area contributed by atoms with Gasteiger partial charge in [0.2, 0.25) is 0 Å². The van der Waals surface area contributed by atoms with Crippen molar-refractivity contribution in [2.24, 2.45) is 5.41 Å². The van der Waals surface area contributed by atoms with Gasteiger partial charge in [0.05, 0.1) is 17.6 Å². The molecule has 3 aromatic rings. The number of likely N-dealkylation sites (tertiary alicyclic amines) is 2. The first-order chi connectivity index (χ1) is 16.7. The smallest absolute Gasteiger partial charge is 0.123 e. The second-order valence-corrected chi connectivity index (χ2v) is 10.3. The zero-order chi connectivity index (χ0) is 23.0. The minimum Gasteiger partial charge on any atom is -0.302 e. The summed E-state index contributed by atoms with van der Waals surface area (Å²) in [7, 11) is 0. The van der Waals surface area contributed by atoms with Crippen LogP contribution in [0.25, 0.3) is 11.8 Å². The van der Waals surface area contributed by atoms with E-state index in [4.69, 9.17) is 5.10 Å². The number of hydrogen-bond donors (Lipinski definition) is 0. The maximum absolute atomic E-state index is 13.5. The van der Waals surface area contributed by atoms with Crippen LogP contribution in [0.5, 0.6) is 0 Å². The molecule has 0 N–H and O–H groups in total. The molecule has 5 heteroatoms. The number of benzene rings is 2. The van der Waals surface area contributed by atoms with Crippen molar-refractivity contribution in [3.63, 3.8) is 0 Å². The van der Waals surface area contributed by atoms with Gasteiger partial charge in [-0.25, -0.2) is 9.07 Å². The van der Waals surface area contributed by atoms with Gasteiger partial charge in [0.25, 0.3) is 0 Å². The third-order valence-electron chi connectivity index (χ3n) is 7.99.